The smallest absolute Gasteiger partial charge is 0.0837 e. The van der Waals surface area contributed by atoms with Gasteiger partial charge in [0.05, 0.1) is 13.2 Å². The van der Waals surface area contributed by atoms with Gasteiger partial charge in [-0.1, -0.05) is 0 Å². The summed E-state index contributed by atoms with van der Waals surface area (Å²) in [6.45, 7) is 5.61. The first-order valence-electron chi connectivity index (χ1n) is 3.87. The Morgan fingerprint density at radius 3 is 1.40 bits per heavy atom. The van der Waals surface area contributed by atoms with E-state index in [0.29, 0.717) is 0 Å². The van der Waals surface area contributed by atoms with Gasteiger partial charge < -0.3 is 9.47 Å². The zero-order chi connectivity index (χ0) is 7.07. The minimum absolute atomic E-state index is 0.944. The van der Waals surface area contributed by atoms with E-state index in [1.54, 1.807) is 0 Å². The van der Waals surface area contributed by atoms with E-state index in [1.165, 1.54) is 12.8 Å². The first-order chi connectivity index (χ1) is 5.00. The van der Waals surface area contributed by atoms with Crippen LogP contribution in [-0.2, 0) is 9.47 Å². The van der Waals surface area contributed by atoms with Crippen molar-refractivity contribution in [3.8, 4) is 0 Å². The van der Waals surface area contributed by atoms with Gasteiger partial charge in [-0.05, 0) is 25.7 Å². The molecule has 0 amide bonds. The van der Waals surface area contributed by atoms with Crippen molar-refractivity contribution >= 4 is 0 Å². The van der Waals surface area contributed by atoms with Crippen LogP contribution in [-0.4, -0.2) is 13.2 Å². The Hall–Kier alpha value is -0.0800. The maximum atomic E-state index is 4.82. The highest BCUT2D eigenvalue weighted by Gasteiger charge is 1.96. The summed E-state index contributed by atoms with van der Waals surface area (Å²) >= 11 is 0. The lowest BCUT2D eigenvalue weighted by atomic mass is 10.4. The molecular formula is C8H14O2. The lowest BCUT2D eigenvalue weighted by Gasteiger charge is -1.75. The molecule has 2 heteroatoms. The molecule has 2 heterocycles. The molecule has 0 N–H and O–H groups in total. The van der Waals surface area contributed by atoms with Crippen molar-refractivity contribution < 1.29 is 9.47 Å². The molecule has 0 spiro atoms. The second-order valence-corrected chi connectivity index (χ2v) is 2.36. The van der Waals surface area contributed by atoms with Crippen LogP contribution >= 0.6 is 0 Å². The molecule has 2 aliphatic heterocycles. The van der Waals surface area contributed by atoms with Crippen molar-refractivity contribution in [2.45, 2.75) is 25.7 Å². The summed E-state index contributed by atoms with van der Waals surface area (Å²) in [7, 11) is 0. The molecule has 0 atom stereocenters. The summed E-state index contributed by atoms with van der Waals surface area (Å²) in [5.74, 6) is 0. The van der Waals surface area contributed by atoms with E-state index < -0.39 is 0 Å². The van der Waals surface area contributed by atoms with Crippen LogP contribution in [0.4, 0.5) is 0 Å². The molecule has 2 nitrogen and oxygen atoms in total. The Bertz CT molecular complexity index is 40.4. The van der Waals surface area contributed by atoms with Crippen LogP contribution in [0.5, 0.6) is 0 Å². The molecule has 2 rings (SSSR count). The normalized spacial score (nSPS) is 24.0. The van der Waals surface area contributed by atoms with Gasteiger partial charge in [-0.3, -0.25) is 0 Å². The van der Waals surface area contributed by atoms with Crippen LogP contribution in [0, 0.1) is 13.2 Å². The van der Waals surface area contributed by atoms with Gasteiger partial charge in [0, 0.05) is 13.2 Å². The third-order valence-electron chi connectivity index (χ3n) is 1.40. The second-order valence-electron chi connectivity index (χ2n) is 2.36. The fourth-order valence-corrected chi connectivity index (χ4v) is 0.833. The van der Waals surface area contributed by atoms with Crippen molar-refractivity contribution in [3.05, 3.63) is 13.2 Å². The Morgan fingerprint density at radius 1 is 0.800 bits per heavy atom. The van der Waals surface area contributed by atoms with Crippen LogP contribution < -0.4 is 0 Å². The molecule has 0 unspecified atom stereocenters. The first kappa shape index (κ1) is 8.02. The van der Waals surface area contributed by atoms with Crippen molar-refractivity contribution in [2.24, 2.45) is 0 Å². The quantitative estimate of drug-likeness (QED) is 0.514. The summed E-state index contributed by atoms with van der Waals surface area (Å²) in [5.41, 5.74) is 0. The van der Waals surface area contributed by atoms with E-state index in [4.69, 9.17) is 9.47 Å². The first-order valence-corrected chi connectivity index (χ1v) is 3.87. The number of ether oxygens (including phenoxy) is 2. The largest absolute Gasteiger partial charge is 0.376 e. The molecule has 0 aromatic heterocycles. The summed E-state index contributed by atoms with van der Waals surface area (Å²) in [4.78, 5) is 0. The third-order valence-corrected chi connectivity index (χ3v) is 1.40. The van der Waals surface area contributed by atoms with E-state index in [1.807, 2.05) is 13.2 Å². The van der Waals surface area contributed by atoms with Gasteiger partial charge in [0.25, 0.3) is 0 Å². The highest BCUT2D eigenvalue weighted by molar-refractivity contribution is 4.57. The molecular weight excluding hydrogens is 128 g/mol. The average Bonchev–Trinajstić information content (AvgIpc) is 2.67. The SMILES string of the molecule is [CH]1CCCO1.[CH]1CCCO1. The van der Waals surface area contributed by atoms with Gasteiger partial charge >= 0.3 is 0 Å². The molecule has 0 aromatic rings. The lowest BCUT2D eigenvalue weighted by molar-refractivity contribution is 0.254. The monoisotopic (exact) mass is 142 g/mol. The minimum Gasteiger partial charge on any atom is -0.376 e. The van der Waals surface area contributed by atoms with Crippen LogP contribution in [0.15, 0.2) is 0 Å². The number of rotatable bonds is 0. The van der Waals surface area contributed by atoms with Gasteiger partial charge in [0.15, 0.2) is 0 Å². The van der Waals surface area contributed by atoms with Crippen molar-refractivity contribution in [3.63, 3.8) is 0 Å². The Kier molecular flexibility index (Phi) is 4.56. The molecule has 2 aliphatic rings. The van der Waals surface area contributed by atoms with Gasteiger partial charge in [-0.25, -0.2) is 0 Å². The molecule has 2 saturated heterocycles. The molecule has 58 valence electrons. The maximum Gasteiger partial charge on any atom is 0.0837 e. The van der Waals surface area contributed by atoms with E-state index in [2.05, 4.69) is 0 Å². The number of hydrogen-bond donors (Lipinski definition) is 0. The molecule has 10 heavy (non-hydrogen) atoms. The molecule has 0 saturated carbocycles. The minimum atomic E-state index is 0.944. The highest BCUT2D eigenvalue weighted by atomic mass is 16.5. The molecule has 0 bridgehead atoms. The van der Waals surface area contributed by atoms with Gasteiger partial charge in [-0.2, -0.15) is 0 Å². The van der Waals surface area contributed by atoms with Crippen LogP contribution in [0.3, 0.4) is 0 Å². The van der Waals surface area contributed by atoms with Crippen molar-refractivity contribution in [1.29, 1.82) is 0 Å². The van der Waals surface area contributed by atoms with Crippen LogP contribution in [0.2, 0.25) is 0 Å². The van der Waals surface area contributed by atoms with E-state index in [9.17, 15) is 0 Å². The Balaban J connectivity index is 0.0000001000. The number of hydrogen-bond acceptors (Lipinski definition) is 2. The molecule has 2 fully saturated rings. The van der Waals surface area contributed by atoms with E-state index in [0.717, 1.165) is 26.1 Å². The zero-order valence-corrected chi connectivity index (χ0v) is 6.21. The highest BCUT2D eigenvalue weighted by Crippen LogP contribution is 2.04. The predicted octanol–water partition coefficient (Wildman–Crippen LogP) is 1.92. The predicted molar refractivity (Wildman–Crippen MR) is 39.0 cm³/mol. The summed E-state index contributed by atoms with van der Waals surface area (Å²) in [6.07, 6.45) is 4.75. The zero-order valence-electron chi connectivity index (χ0n) is 6.21. The third kappa shape index (κ3) is 3.85. The summed E-state index contributed by atoms with van der Waals surface area (Å²) < 4.78 is 9.64. The molecule has 2 radical (unpaired) electrons. The van der Waals surface area contributed by atoms with E-state index >= 15 is 0 Å². The summed E-state index contributed by atoms with van der Waals surface area (Å²) in [6, 6.07) is 0. The topological polar surface area (TPSA) is 18.5 Å². The van der Waals surface area contributed by atoms with Crippen LogP contribution in [0.25, 0.3) is 0 Å². The van der Waals surface area contributed by atoms with E-state index in [-0.39, 0.29) is 0 Å². The Labute approximate surface area is 62.5 Å². The second kappa shape index (κ2) is 5.69. The lowest BCUT2D eigenvalue weighted by Crippen LogP contribution is -1.69. The van der Waals surface area contributed by atoms with Crippen LogP contribution in [0.1, 0.15) is 25.7 Å². The summed E-state index contributed by atoms with van der Waals surface area (Å²) in [5, 5.41) is 0. The molecule has 0 aliphatic carbocycles. The van der Waals surface area contributed by atoms with Gasteiger partial charge in [0.2, 0.25) is 0 Å². The van der Waals surface area contributed by atoms with Crippen molar-refractivity contribution in [2.75, 3.05) is 13.2 Å². The standard InChI is InChI=1S/2C4H7O/c2*1-2-4-5-3-1/h2*3H,1-2,4H2. The molecule has 0 aromatic carbocycles. The Morgan fingerprint density at radius 2 is 1.30 bits per heavy atom. The fraction of sp³-hybridized carbons (Fsp3) is 0.750. The maximum absolute atomic E-state index is 4.82. The average molecular weight is 142 g/mol. The fourth-order valence-electron chi connectivity index (χ4n) is 0.833. The van der Waals surface area contributed by atoms with Crippen molar-refractivity contribution in [1.82, 2.24) is 0 Å². The van der Waals surface area contributed by atoms with Gasteiger partial charge in [-0.15, -0.1) is 0 Å². The van der Waals surface area contributed by atoms with Gasteiger partial charge in [0.1, 0.15) is 0 Å².